The van der Waals surface area contributed by atoms with Crippen LogP contribution in [-0.2, 0) is 4.79 Å². The molecule has 5 heteroatoms. The number of carbonyl (C=O) groups excluding carboxylic acids is 1. The first-order chi connectivity index (χ1) is 6.81. The summed E-state index contributed by atoms with van der Waals surface area (Å²) in [4.78, 5) is 23.4. The van der Waals surface area contributed by atoms with Crippen molar-refractivity contribution in [1.82, 2.24) is 10.2 Å². The summed E-state index contributed by atoms with van der Waals surface area (Å²) in [5.74, 6) is 1.36. The maximum Gasteiger partial charge on any atom is 0.317 e. The lowest BCUT2D eigenvalue weighted by atomic mass is 9.94. The van der Waals surface area contributed by atoms with Gasteiger partial charge in [0.25, 0.3) is 0 Å². The SMILES string of the molecule is C#CCN(C)C(=O)NCC(C)(C)C(=O)O. The minimum absolute atomic E-state index is 0.0656. The number of hydrogen-bond donors (Lipinski definition) is 2. The van der Waals surface area contributed by atoms with Crippen molar-refractivity contribution in [1.29, 1.82) is 0 Å². The van der Waals surface area contributed by atoms with Gasteiger partial charge in [0.1, 0.15) is 0 Å². The van der Waals surface area contributed by atoms with E-state index in [1.165, 1.54) is 18.7 Å². The number of carbonyl (C=O) groups is 2. The highest BCUT2D eigenvalue weighted by atomic mass is 16.4. The molecule has 5 nitrogen and oxygen atoms in total. The van der Waals surface area contributed by atoms with Crippen LogP contribution in [0.4, 0.5) is 4.79 Å². The zero-order valence-corrected chi connectivity index (χ0v) is 9.20. The molecular weight excluding hydrogens is 196 g/mol. The van der Waals surface area contributed by atoms with E-state index >= 15 is 0 Å². The van der Waals surface area contributed by atoms with Gasteiger partial charge in [0.15, 0.2) is 0 Å². The van der Waals surface area contributed by atoms with Crippen LogP contribution in [0, 0.1) is 17.8 Å². The highest BCUT2D eigenvalue weighted by Gasteiger charge is 2.27. The van der Waals surface area contributed by atoms with Crippen molar-refractivity contribution in [2.24, 2.45) is 5.41 Å². The molecule has 0 aliphatic rings. The Kier molecular flexibility index (Phi) is 4.65. The van der Waals surface area contributed by atoms with Crippen LogP contribution >= 0.6 is 0 Å². The van der Waals surface area contributed by atoms with Gasteiger partial charge in [-0.05, 0) is 13.8 Å². The van der Waals surface area contributed by atoms with Crippen LogP contribution in [0.5, 0.6) is 0 Å². The number of aliphatic carboxylic acids is 1. The van der Waals surface area contributed by atoms with E-state index in [4.69, 9.17) is 11.5 Å². The summed E-state index contributed by atoms with van der Waals surface area (Å²) in [6.07, 6.45) is 5.03. The third-order valence-electron chi connectivity index (χ3n) is 1.94. The first-order valence-corrected chi connectivity index (χ1v) is 4.47. The molecule has 0 rings (SSSR count). The topological polar surface area (TPSA) is 69.6 Å². The van der Waals surface area contributed by atoms with Gasteiger partial charge in [-0.3, -0.25) is 4.79 Å². The van der Waals surface area contributed by atoms with E-state index in [9.17, 15) is 9.59 Å². The normalized spacial score (nSPS) is 10.3. The van der Waals surface area contributed by atoms with Gasteiger partial charge in [-0.1, -0.05) is 5.92 Å². The standard InChI is InChI=1S/C10H16N2O3/c1-5-6-12(4)9(15)11-7-10(2,3)8(13)14/h1H,6-7H2,2-4H3,(H,11,15)(H,13,14). The fraction of sp³-hybridized carbons (Fsp3) is 0.600. The van der Waals surface area contributed by atoms with Gasteiger partial charge in [0.05, 0.1) is 12.0 Å². The second kappa shape index (κ2) is 5.25. The molecule has 0 unspecified atom stereocenters. The maximum absolute atomic E-state index is 11.3. The van der Waals surface area contributed by atoms with Crippen molar-refractivity contribution in [2.75, 3.05) is 20.1 Å². The molecule has 0 heterocycles. The van der Waals surface area contributed by atoms with E-state index in [0.717, 1.165) is 0 Å². The summed E-state index contributed by atoms with van der Waals surface area (Å²) in [5, 5.41) is 11.3. The van der Waals surface area contributed by atoms with Crippen molar-refractivity contribution in [3.63, 3.8) is 0 Å². The summed E-state index contributed by atoms with van der Waals surface area (Å²) in [5.41, 5.74) is -0.980. The summed E-state index contributed by atoms with van der Waals surface area (Å²) >= 11 is 0. The fourth-order valence-corrected chi connectivity index (χ4v) is 0.716. The number of nitrogens with one attached hydrogen (secondary N) is 1. The molecule has 84 valence electrons. The Balaban J connectivity index is 4.12. The van der Waals surface area contributed by atoms with Crippen LogP contribution < -0.4 is 5.32 Å². The van der Waals surface area contributed by atoms with Crippen molar-refractivity contribution >= 4 is 12.0 Å². The largest absolute Gasteiger partial charge is 0.481 e. The van der Waals surface area contributed by atoms with Crippen molar-refractivity contribution in [3.8, 4) is 12.3 Å². The van der Waals surface area contributed by atoms with Crippen molar-refractivity contribution in [3.05, 3.63) is 0 Å². The maximum atomic E-state index is 11.3. The first kappa shape index (κ1) is 13.3. The van der Waals surface area contributed by atoms with Gasteiger partial charge < -0.3 is 15.3 Å². The molecule has 0 aliphatic heterocycles. The summed E-state index contributed by atoms with van der Waals surface area (Å²) in [7, 11) is 1.54. The number of amides is 2. The lowest BCUT2D eigenvalue weighted by molar-refractivity contribution is -0.146. The molecule has 0 aliphatic carbocycles. The van der Waals surface area contributed by atoms with Crippen molar-refractivity contribution in [2.45, 2.75) is 13.8 Å². The summed E-state index contributed by atoms with van der Waals surface area (Å²) in [6.45, 7) is 3.34. The molecule has 0 fully saturated rings. The predicted molar refractivity (Wildman–Crippen MR) is 56.3 cm³/mol. The number of urea groups is 1. The average Bonchev–Trinajstić information content (AvgIpc) is 2.14. The zero-order valence-electron chi connectivity index (χ0n) is 9.20. The second-order valence-corrected chi connectivity index (χ2v) is 3.91. The molecular formula is C10H16N2O3. The minimum Gasteiger partial charge on any atom is -0.481 e. The highest BCUT2D eigenvalue weighted by Crippen LogP contribution is 2.12. The molecule has 15 heavy (non-hydrogen) atoms. The molecule has 0 saturated heterocycles. The third kappa shape index (κ3) is 4.36. The summed E-state index contributed by atoms with van der Waals surface area (Å²) < 4.78 is 0. The molecule has 0 aromatic rings. The smallest absolute Gasteiger partial charge is 0.317 e. The number of terminal acetylenes is 1. The lowest BCUT2D eigenvalue weighted by Gasteiger charge is -2.22. The number of rotatable bonds is 4. The van der Waals surface area contributed by atoms with Gasteiger partial charge in [0, 0.05) is 13.6 Å². The number of hydrogen-bond acceptors (Lipinski definition) is 2. The molecule has 0 aromatic heterocycles. The van der Waals surface area contributed by atoms with Crippen LogP contribution in [0.1, 0.15) is 13.8 Å². The Morgan fingerprint density at radius 3 is 2.47 bits per heavy atom. The van der Waals surface area contributed by atoms with Crippen LogP contribution in [0.3, 0.4) is 0 Å². The summed E-state index contributed by atoms with van der Waals surface area (Å²) in [6, 6.07) is -0.373. The molecule has 2 N–H and O–H groups in total. The van der Waals surface area contributed by atoms with Gasteiger partial charge in [0.2, 0.25) is 0 Å². The number of carboxylic acids is 1. The second-order valence-electron chi connectivity index (χ2n) is 3.91. The molecule has 2 amide bonds. The van der Waals surface area contributed by atoms with Crippen LogP contribution in [0.2, 0.25) is 0 Å². The first-order valence-electron chi connectivity index (χ1n) is 4.47. The van der Waals surface area contributed by atoms with E-state index in [0.29, 0.717) is 0 Å². The number of nitrogens with zero attached hydrogens (tertiary/aromatic N) is 1. The average molecular weight is 212 g/mol. The van der Waals surface area contributed by atoms with Crippen LogP contribution in [0.15, 0.2) is 0 Å². The Bertz CT molecular complexity index is 292. The van der Waals surface area contributed by atoms with Gasteiger partial charge >= 0.3 is 12.0 Å². The minimum atomic E-state index is -0.980. The Morgan fingerprint density at radius 2 is 2.07 bits per heavy atom. The molecule has 0 atom stereocenters. The van der Waals surface area contributed by atoms with Crippen LogP contribution in [-0.4, -0.2) is 42.1 Å². The Hall–Kier alpha value is -1.70. The monoisotopic (exact) mass is 212 g/mol. The van der Waals surface area contributed by atoms with Gasteiger partial charge in [-0.2, -0.15) is 0 Å². The molecule has 0 aromatic carbocycles. The lowest BCUT2D eigenvalue weighted by Crippen LogP contribution is -2.44. The van der Waals surface area contributed by atoms with E-state index < -0.39 is 11.4 Å². The molecule has 0 radical (unpaired) electrons. The molecule has 0 bridgehead atoms. The Morgan fingerprint density at radius 1 is 1.53 bits per heavy atom. The predicted octanol–water partition coefficient (Wildman–Crippen LogP) is 0.372. The Labute approximate surface area is 89.4 Å². The van der Waals surface area contributed by atoms with Crippen LogP contribution in [0.25, 0.3) is 0 Å². The third-order valence-corrected chi connectivity index (χ3v) is 1.94. The highest BCUT2D eigenvalue weighted by molar-refractivity contribution is 5.77. The fourth-order valence-electron chi connectivity index (χ4n) is 0.716. The number of carboxylic acid groups (broad SMARTS) is 1. The van der Waals surface area contributed by atoms with E-state index in [2.05, 4.69) is 11.2 Å². The molecule has 0 saturated carbocycles. The van der Waals surface area contributed by atoms with Gasteiger partial charge in [-0.15, -0.1) is 6.42 Å². The van der Waals surface area contributed by atoms with E-state index in [-0.39, 0.29) is 19.1 Å². The molecule has 0 spiro atoms. The van der Waals surface area contributed by atoms with Crippen molar-refractivity contribution < 1.29 is 14.7 Å². The van der Waals surface area contributed by atoms with Gasteiger partial charge in [-0.25, -0.2) is 4.79 Å². The quantitative estimate of drug-likeness (QED) is 0.661. The zero-order chi connectivity index (χ0) is 12.1. The van der Waals surface area contributed by atoms with E-state index in [1.807, 2.05) is 0 Å². The van der Waals surface area contributed by atoms with E-state index in [1.54, 1.807) is 7.05 Å².